The van der Waals surface area contributed by atoms with E-state index in [0.717, 1.165) is 44.3 Å². The van der Waals surface area contributed by atoms with Crippen molar-refractivity contribution in [1.29, 1.82) is 0 Å². The SMILES string of the molecule is O=C(CCCNC(=O)C1CC1)N[C@@H]1CCCC[C@@H]1Oc1ccccc1. The summed E-state index contributed by atoms with van der Waals surface area (Å²) in [6, 6.07) is 9.87. The molecule has 2 atom stereocenters. The highest BCUT2D eigenvalue weighted by Gasteiger charge is 2.29. The standard InChI is InChI=1S/C20H28N2O3/c23-19(11-6-14-21-20(24)15-12-13-15)22-17-9-4-5-10-18(17)25-16-7-2-1-3-8-16/h1-3,7-8,15,17-18H,4-6,9-14H2,(H,21,24)(H,22,23)/t17-,18+/m1/s1. The highest BCUT2D eigenvalue weighted by Crippen LogP contribution is 2.28. The summed E-state index contributed by atoms with van der Waals surface area (Å²) in [5.41, 5.74) is 0. The fraction of sp³-hybridized carbons (Fsp3) is 0.600. The maximum atomic E-state index is 12.2. The average molecular weight is 344 g/mol. The Labute approximate surface area is 149 Å². The molecule has 0 spiro atoms. The van der Waals surface area contributed by atoms with Gasteiger partial charge in [0.2, 0.25) is 11.8 Å². The lowest BCUT2D eigenvalue weighted by Crippen LogP contribution is -2.47. The van der Waals surface area contributed by atoms with E-state index < -0.39 is 0 Å². The van der Waals surface area contributed by atoms with Crippen LogP contribution in [0.2, 0.25) is 0 Å². The van der Waals surface area contributed by atoms with E-state index in [1.54, 1.807) is 0 Å². The summed E-state index contributed by atoms with van der Waals surface area (Å²) < 4.78 is 6.09. The van der Waals surface area contributed by atoms with Crippen LogP contribution < -0.4 is 15.4 Å². The number of para-hydroxylation sites is 1. The van der Waals surface area contributed by atoms with Crippen molar-refractivity contribution in [1.82, 2.24) is 10.6 Å². The third kappa shape index (κ3) is 5.76. The van der Waals surface area contributed by atoms with Crippen LogP contribution in [0.15, 0.2) is 30.3 Å². The van der Waals surface area contributed by atoms with Crippen molar-refractivity contribution in [3.63, 3.8) is 0 Å². The molecule has 2 fully saturated rings. The first-order valence-corrected chi connectivity index (χ1v) is 9.51. The van der Waals surface area contributed by atoms with Crippen molar-refractivity contribution in [2.24, 2.45) is 5.92 Å². The van der Waals surface area contributed by atoms with Crippen molar-refractivity contribution in [3.05, 3.63) is 30.3 Å². The summed E-state index contributed by atoms with van der Waals surface area (Å²) in [6.07, 6.45) is 7.37. The lowest BCUT2D eigenvalue weighted by Gasteiger charge is -2.32. The molecule has 5 heteroatoms. The summed E-state index contributed by atoms with van der Waals surface area (Å²) >= 11 is 0. The normalized spacial score (nSPS) is 22.9. The van der Waals surface area contributed by atoms with Gasteiger partial charge in [-0.2, -0.15) is 0 Å². The van der Waals surface area contributed by atoms with Crippen molar-refractivity contribution < 1.29 is 14.3 Å². The number of hydrogen-bond acceptors (Lipinski definition) is 3. The molecule has 2 aliphatic rings. The van der Waals surface area contributed by atoms with Crippen LogP contribution in [0.1, 0.15) is 51.4 Å². The van der Waals surface area contributed by atoms with E-state index in [0.29, 0.717) is 19.4 Å². The lowest BCUT2D eigenvalue weighted by atomic mass is 9.92. The smallest absolute Gasteiger partial charge is 0.223 e. The third-order valence-electron chi connectivity index (χ3n) is 4.91. The second-order valence-electron chi connectivity index (χ2n) is 7.10. The van der Waals surface area contributed by atoms with Crippen LogP contribution in [0.4, 0.5) is 0 Å². The van der Waals surface area contributed by atoms with Crippen LogP contribution in [0.5, 0.6) is 5.75 Å². The number of carbonyl (C=O) groups is 2. The Balaban J connectivity index is 1.39. The van der Waals surface area contributed by atoms with Crippen LogP contribution in [-0.4, -0.2) is 30.5 Å². The first-order valence-electron chi connectivity index (χ1n) is 9.51. The fourth-order valence-electron chi connectivity index (χ4n) is 3.31. The van der Waals surface area contributed by atoms with Crippen molar-refractivity contribution in [2.45, 2.75) is 63.5 Å². The summed E-state index contributed by atoms with van der Waals surface area (Å²) in [5.74, 6) is 1.28. The van der Waals surface area contributed by atoms with E-state index in [1.165, 1.54) is 0 Å². The molecule has 0 saturated heterocycles. The molecule has 0 unspecified atom stereocenters. The number of carbonyl (C=O) groups excluding carboxylic acids is 2. The van der Waals surface area contributed by atoms with Gasteiger partial charge in [0.1, 0.15) is 11.9 Å². The van der Waals surface area contributed by atoms with E-state index in [-0.39, 0.29) is 29.9 Å². The first-order chi connectivity index (χ1) is 12.2. The highest BCUT2D eigenvalue weighted by molar-refractivity contribution is 5.81. The summed E-state index contributed by atoms with van der Waals surface area (Å²) in [4.78, 5) is 23.8. The zero-order valence-corrected chi connectivity index (χ0v) is 14.7. The van der Waals surface area contributed by atoms with Gasteiger partial charge in [0.25, 0.3) is 0 Å². The number of hydrogen-bond donors (Lipinski definition) is 2. The van der Waals surface area contributed by atoms with Crippen molar-refractivity contribution >= 4 is 11.8 Å². The van der Waals surface area contributed by atoms with Gasteiger partial charge in [-0.3, -0.25) is 9.59 Å². The average Bonchev–Trinajstić information content (AvgIpc) is 3.46. The van der Waals surface area contributed by atoms with Gasteiger partial charge in [-0.1, -0.05) is 24.6 Å². The van der Waals surface area contributed by atoms with Gasteiger partial charge in [-0.25, -0.2) is 0 Å². The maximum Gasteiger partial charge on any atom is 0.223 e. The van der Waals surface area contributed by atoms with Crippen molar-refractivity contribution in [3.8, 4) is 5.75 Å². The molecule has 0 aromatic heterocycles. The van der Waals surface area contributed by atoms with Gasteiger partial charge in [0.05, 0.1) is 6.04 Å². The van der Waals surface area contributed by atoms with Gasteiger partial charge in [-0.05, 0) is 50.7 Å². The third-order valence-corrected chi connectivity index (χ3v) is 4.91. The second-order valence-corrected chi connectivity index (χ2v) is 7.10. The van der Waals surface area contributed by atoms with Crippen molar-refractivity contribution in [2.75, 3.05) is 6.54 Å². The van der Waals surface area contributed by atoms with Crippen LogP contribution in [0.3, 0.4) is 0 Å². The van der Waals surface area contributed by atoms with Gasteiger partial charge in [0, 0.05) is 18.9 Å². The number of amides is 2. The number of ether oxygens (including phenoxy) is 1. The Kier molecular flexibility index (Phi) is 6.31. The Morgan fingerprint density at radius 3 is 2.56 bits per heavy atom. The molecule has 0 bridgehead atoms. The molecule has 3 rings (SSSR count). The summed E-state index contributed by atoms with van der Waals surface area (Å²) in [5, 5.41) is 6.04. The zero-order chi connectivity index (χ0) is 17.5. The lowest BCUT2D eigenvalue weighted by molar-refractivity contribution is -0.124. The highest BCUT2D eigenvalue weighted by atomic mass is 16.5. The van der Waals surface area contributed by atoms with E-state index in [2.05, 4.69) is 10.6 Å². The number of benzene rings is 1. The zero-order valence-electron chi connectivity index (χ0n) is 14.7. The van der Waals surface area contributed by atoms with Gasteiger partial charge in [0.15, 0.2) is 0 Å². The predicted octanol–water partition coefficient (Wildman–Crippen LogP) is 2.80. The largest absolute Gasteiger partial charge is 0.488 e. The Hall–Kier alpha value is -2.04. The molecule has 5 nitrogen and oxygen atoms in total. The van der Waals surface area contributed by atoms with Crippen LogP contribution >= 0.6 is 0 Å². The predicted molar refractivity (Wildman–Crippen MR) is 96.2 cm³/mol. The fourth-order valence-corrected chi connectivity index (χ4v) is 3.31. The molecule has 1 aromatic carbocycles. The molecule has 0 aliphatic heterocycles. The Morgan fingerprint density at radius 2 is 1.80 bits per heavy atom. The van der Waals surface area contributed by atoms with Crippen LogP contribution in [-0.2, 0) is 9.59 Å². The molecule has 136 valence electrons. The van der Waals surface area contributed by atoms with Gasteiger partial charge in [-0.15, -0.1) is 0 Å². The van der Waals surface area contributed by atoms with Crippen LogP contribution in [0.25, 0.3) is 0 Å². The molecule has 2 saturated carbocycles. The van der Waals surface area contributed by atoms with Gasteiger partial charge >= 0.3 is 0 Å². The minimum absolute atomic E-state index is 0.0367. The molecular weight excluding hydrogens is 316 g/mol. The van der Waals surface area contributed by atoms with E-state index in [9.17, 15) is 9.59 Å². The molecule has 0 radical (unpaired) electrons. The van der Waals surface area contributed by atoms with E-state index in [1.807, 2.05) is 30.3 Å². The minimum Gasteiger partial charge on any atom is -0.488 e. The quantitative estimate of drug-likeness (QED) is 0.713. The molecule has 2 amide bonds. The van der Waals surface area contributed by atoms with E-state index >= 15 is 0 Å². The molecule has 25 heavy (non-hydrogen) atoms. The maximum absolute atomic E-state index is 12.2. The molecule has 1 aromatic rings. The molecule has 0 heterocycles. The topological polar surface area (TPSA) is 67.4 Å². The minimum atomic E-state index is 0.0367. The molecule has 2 N–H and O–H groups in total. The summed E-state index contributed by atoms with van der Waals surface area (Å²) in [6.45, 7) is 0.581. The molecule has 2 aliphatic carbocycles. The van der Waals surface area contributed by atoms with E-state index in [4.69, 9.17) is 4.74 Å². The second kappa shape index (κ2) is 8.88. The first kappa shape index (κ1) is 17.8. The summed E-state index contributed by atoms with van der Waals surface area (Å²) in [7, 11) is 0. The monoisotopic (exact) mass is 344 g/mol. The number of rotatable bonds is 8. The van der Waals surface area contributed by atoms with Gasteiger partial charge < -0.3 is 15.4 Å². The van der Waals surface area contributed by atoms with Crippen LogP contribution in [0, 0.1) is 5.92 Å². The Bertz CT molecular complexity index is 572. The Morgan fingerprint density at radius 1 is 1.04 bits per heavy atom. The molecular formula is C20H28N2O3. The number of nitrogens with one attached hydrogen (secondary N) is 2.